The van der Waals surface area contributed by atoms with Gasteiger partial charge in [0.25, 0.3) is 11.6 Å². The lowest BCUT2D eigenvalue weighted by Crippen LogP contribution is -2.34. The number of nitro groups is 1. The highest BCUT2D eigenvalue weighted by molar-refractivity contribution is 6.32. The number of carbonyl (C=O) groups is 2. The normalized spacial score (nSPS) is 11.0. The van der Waals surface area contributed by atoms with E-state index in [1.54, 1.807) is 0 Å². The van der Waals surface area contributed by atoms with Crippen molar-refractivity contribution in [2.45, 2.75) is 6.18 Å². The van der Waals surface area contributed by atoms with Gasteiger partial charge in [0.2, 0.25) is 5.88 Å². The molecular weight excluding hydrogens is 504 g/mol. The highest BCUT2D eigenvalue weighted by atomic mass is 35.5. The number of urea groups is 1. The van der Waals surface area contributed by atoms with E-state index in [1.807, 2.05) is 5.32 Å². The molecule has 14 heteroatoms. The van der Waals surface area contributed by atoms with Crippen molar-refractivity contribution in [3.8, 4) is 11.6 Å². The summed E-state index contributed by atoms with van der Waals surface area (Å²) in [5.41, 5.74) is -1.81. The quantitative estimate of drug-likeness (QED) is 0.242. The minimum absolute atomic E-state index is 0.00747. The number of hydrogen-bond donors (Lipinski definition) is 2. The monoisotopic (exact) mass is 514 g/mol. The Hall–Kier alpha value is -3.90. The number of hydrogen-bond acceptors (Lipinski definition) is 6. The number of alkyl halides is 3. The van der Waals surface area contributed by atoms with E-state index >= 15 is 0 Å². The van der Waals surface area contributed by atoms with Crippen molar-refractivity contribution < 1.29 is 32.4 Å². The van der Waals surface area contributed by atoms with Crippen molar-refractivity contribution in [3.05, 3.63) is 86.0 Å². The molecule has 0 saturated carbocycles. The number of anilines is 1. The van der Waals surface area contributed by atoms with Crippen LogP contribution >= 0.6 is 23.2 Å². The molecule has 176 valence electrons. The maximum atomic E-state index is 12.8. The van der Waals surface area contributed by atoms with Gasteiger partial charge in [-0.3, -0.25) is 20.2 Å². The van der Waals surface area contributed by atoms with Crippen LogP contribution < -0.4 is 15.4 Å². The van der Waals surface area contributed by atoms with Crippen molar-refractivity contribution in [2.75, 3.05) is 5.32 Å². The van der Waals surface area contributed by atoms with Crippen LogP contribution in [0.4, 0.5) is 29.3 Å². The van der Waals surface area contributed by atoms with Crippen LogP contribution in [0.15, 0.2) is 54.6 Å². The topological polar surface area (TPSA) is 123 Å². The third-order valence-electron chi connectivity index (χ3n) is 4.11. The molecule has 0 unspecified atom stereocenters. The van der Waals surface area contributed by atoms with E-state index in [0.29, 0.717) is 6.07 Å². The molecule has 3 rings (SSSR count). The van der Waals surface area contributed by atoms with E-state index in [1.165, 1.54) is 36.4 Å². The third-order valence-corrected chi connectivity index (χ3v) is 4.69. The zero-order valence-corrected chi connectivity index (χ0v) is 18.0. The smallest absolute Gasteiger partial charge is 0.419 e. The maximum absolute atomic E-state index is 12.8. The molecular formula is C20H11Cl2F3N4O5. The number of ether oxygens (including phenoxy) is 1. The molecule has 0 aliphatic carbocycles. The first kappa shape index (κ1) is 24.7. The number of carbonyl (C=O) groups excluding carboxylic acids is 2. The summed E-state index contributed by atoms with van der Waals surface area (Å²) >= 11 is 11.6. The number of nitro benzene ring substituents is 1. The van der Waals surface area contributed by atoms with Gasteiger partial charge in [-0.2, -0.15) is 13.2 Å². The van der Waals surface area contributed by atoms with Gasteiger partial charge in [-0.1, -0.05) is 35.3 Å². The Labute approximate surface area is 198 Å². The van der Waals surface area contributed by atoms with Crippen LogP contribution in [0.3, 0.4) is 0 Å². The second-order valence-electron chi connectivity index (χ2n) is 6.42. The molecule has 1 heterocycles. The number of nitrogens with zero attached hydrogens (tertiary/aromatic N) is 2. The van der Waals surface area contributed by atoms with Gasteiger partial charge in [0, 0.05) is 17.8 Å². The van der Waals surface area contributed by atoms with Crippen molar-refractivity contribution in [2.24, 2.45) is 0 Å². The van der Waals surface area contributed by atoms with Crippen molar-refractivity contribution in [1.82, 2.24) is 10.3 Å². The molecule has 2 N–H and O–H groups in total. The number of rotatable bonds is 5. The minimum atomic E-state index is -4.68. The largest absolute Gasteiger partial charge is 0.437 e. The lowest BCUT2D eigenvalue weighted by Gasteiger charge is -2.12. The molecule has 0 aliphatic heterocycles. The average Bonchev–Trinajstić information content (AvgIpc) is 2.74. The van der Waals surface area contributed by atoms with Crippen LogP contribution in [0.1, 0.15) is 15.9 Å². The van der Waals surface area contributed by atoms with E-state index in [9.17, 15) is 32.9 Å². The summed E-state index contributed by atoms with van der Waals surface area (Å²) in [4.78, 5) is 38.1. The fourth-order valence-corrected chi connectivity index (χ4v) is 3.09. The number of aromatic nitrogens is 1. The summed E-state index contributed by atoms with van der Waals surface area (Å²) in [6, 6.07) is 9.57. The first-order valence-corrected chi connectivity index (χ1v) is 9.78. The first-order valence-electron chi connectivity index (χ1n) is 9.02. The molecule has 0 aliphatic rings. The Morgan fingerprint density at radius 2 is 1.76 bits per heavy atom. The lowest BCUT2D eigenvalue weighted by molar-refractivity contribution is -0.385. The molecule has 0 saturated heterocycles. The van der Waals surface area contributed by atoms with Crippen molar-refractivity contribution in [1.29, 1.82) is 0 Å². The zero-order valence-electron chi connectivity index (χ0n) is 16.5. The number of para-hydroxylation sites is 1. The maximum Gasteiger partial charge on any atom is 0.419 e. The summed E-state index contributed by atoms with van der Waals surface area (Å²) in [6.45, 7) is 0. The van der Waals surface area contributed by atoms with Crippen LogP contribution in [-0.4, -0.2) is 21.8 Å². The van der Waals surface area contributed by atoms with Gasteiger partial charge in [0.05, 0.1) is 15.5 Å². The van der Waals surface area contributed by atoms with Crippen LogP contribution in [0, 0.1) is 10.1 Å². The Balaban J connectivity index is 1.67. The highest BCUT2D eigenvalue weighted by Crippen LogP contribution is 2.36. The Morgan fingerprint density at radius 3 is 2.38 bits per heavy atom. The number of imide groups is 1. The lowest BCUT2D eigenvalue weighted by atomic mass is 10.1. The Kier molecular flexibility index (Phi) is 7.23. The third kappa shape index (κ3) is 5.91. The summed E-state index contributed by atoms with van der Waals surface area (Å²) in [5, 5.41) is 14.4. The molecule has 0 atom stereocenters. The van der Waals surface area contributed by atoms with Gasteiger partial charge in [0.1, 0.15) is 16.5 Å². The van der Waals surface area contributed by atoms with E-state index in [0.717, 1.165) is 12.1 Å². The molecule has 34 heavy (non-hydrogen) atoms. The molecule has 3 amide bonds. The molecule has 0 spiro atoms. The van der Waals surface area contributed by atoms with Gasteiger partial charge in [-0.15, -0.1) is 0 Å². The molecule has 0 fully saturated rings. The van der Waals surface area contributed by atoms with E-state index in [-0.39, 0.29) is 27.9 Å². The summed E-state index contributed by atoms with van der Waals surface area (Å²) in [5.74, 6) is -1.26. The summed E-state index contributed by atoms with van der Waals surface area (Å²) < 4.78 is 43.7. The number of halogens is 5. The van der Waals surface area contributed by atoms with Crippen LogP contribution in [0.2, 0.25) is 10.2 Å². The Morgan fingerprint density at radius 1 is 1.06 bits per heavy atom. The fourth-order valence-electron chi connectivity index (χ4n) is 2.62. The van der Waals surface area contributed by atoms with Crippen LogP contribution in [-0.2, 0) is 6.18 Å². The van der Waals surface area contributed by atoms with E-state index in [2.05, 4.69) is 10.3 Å². The van der Waals surface area contributed by atoms with Gasteiger partial charge in [-0.25, -0.2) is 9.78 Å². The van der Waals surface area contributed by atoms with Gasteiger partial charge < -0.3 is 10.1 Å². The summed E-state index contributed by atoms with van der Waals surface area (Å²) in [7, 11) is 0. The fraction of sp³-hybridized carbons (Fsp3) is 0.0500. The average molecular weight is 515 g/mol. The minimum Gasteiger partial charge on any atom is -0.437 e. The predicted octanol–water partition coefficient (Wildman–Crippen LogP) is 6.07. The molecule has 2 aromatic carbocycles. The molecule has 1 aromatic heterocycles. The number of benzene rings is 2. The number of nitrogens with one attached hydrogen (secondary N) is 2. The molecule has 9 nitrogen and oxygen atoms in total. The predicted molar refractivity (Wildman–Crippen MR) is 115 cm³/mol. The van der Waals surface area contributed by atoms with Crippen molar-refractivity contribution in [3.63, 3.8) is 0 Å². The van der Waals surface area contributed by atoms with Gasteiger partial charge in [0.15, 0.2) is 0 Å². The number of pyridine rings is 1. The summed E-state index contributed by atoms with van der Waals surface area (Å²) in [6.07, 6.45) is -4.68. The first-order chi connectivity index (χ1) is 16.0. The second kappa shape index (κ2) is 9.93. The van der Waals surface area contributed by atoms with E-state index in [4.69, 9.17) is 27.9 Å². The molecule has 0 bridgehead atoms. The van der Waals surface area contributed by atoms with Crippen LogP contribution in [0.25, 0.3) is 0 Å². The highest BCUT2D eigenvalue weighted by Gasteiger charge is 2.34. The number of amides is 3. The zero-order chi connectivity index (χ0) is 25.0. The molecule has 3 aromatic rings. The van der Waals surface area contributed by atoms with Crippen LogP contribution in [0.5, 0.6) is 11.6 Å². The second-order valence-corrected chi connectivity index (χ2v) is 7.18. The standard InChI is InChI=1S/C20H11Cl2F3N4O5/c21-13-9-10(26-19(31)28-18(30)11-3-1-2-4-14(11)29(32)33)5-7-15(13)34-16-8-6-12(17(22)27-16)20(23,24)25/h1-9H,(H2,26,28,30,31). The van der Waals surface area contributed by atoms with Gasteiger partial charge in [-0.05, 0) is 30.3 Å². The van der Waals surface area contributed by atoms with Crippen molar-refractivity contribution >= 4 is 46.5 Å². The SMILES string of the molecule is O=C(NC(=O)c1ccccc1[N+](=O)[O-])Nc1ccc(Oc2ccc(C(F)(F)F)c(Cl)n2)c(Cl)c1. The molecule has 0 radical (unpaired) electrons. The van der Waals surface area contributed by atoms with E-state index < -0.39 is 39.4 Å². The van der Waals surface area contributed by atoms with Gasteiger partial charge >= 0.3 is 12.2 Å². The Bertz CT molecular complexity index is 1290.